The number of hydrogen-bond acceptors (Lipinski definition) is 9. The van der Waals surface area contributed by atoms with Crippen LogP contribution in [0.3, 0.4) is 0 Å². The van der Waals surface area contributed by atoms with Crippen LogP contribution in [0, 0.1) is 11.8 Å². The Labute approximate surface area is 211 Å². The normalized spacial score (nSPS) is 27.3. The van der Waals surface area contributed by atoms with Crippen molar-refractivity contribution in [2.45, 2.75) is 49.0 Å². The first-order valence-corrected chi connectivity index (χ1v) is 14.4. The highest BCUT2D eigenvalue weighted by Crippen LogP contribution is 2.44. The van der Waals surface area contributed by atoms with E-state index in [1.54, 1.807) is 0 Å². The van der Waals surface area contributed by atoms with E-state index in [1.165, 1.54) is 29.7 Å². The Morgan fingerprint density at radius 3 is 2.47 bits per heavy atom. The summed E-state index contributed by atoms with van der Waals surface area (Å²) >= 11 is 0. The summed E-state index contributed by atoms with van der Waals surface area (Å²) in [5.41, 5.74) is 4.94. The van der Waals surface area contributed by atoms with Crippen LogP contribution in [0.4, 0.5) is 17.5 Å². The van der Waals surface area contributed by atoms with Gasteiger partial charge >= 0.3 is 0 Å². The van der Waals surface area contributed by atoms with E-state index in [0.717, 1.165) is 68.4 Å². The Bertz CT molecular complexity index is 1360. The number of nitrogens with one attached hydrogen (secondary N) is 2. The van der Waals surface area contributed by atoms with E-state index in [0.29, 0.717) is 29.2 Å². The number of hydrogen-bond donors (Lipinski definition) is 2. The Morgan fingerprint density at radius 2 is 1.81 bits per heavy atom. The summed E-state index contributed by atoms with van der Waals surface area (Å²) in [4.78, 5) is 15.6. The van der Waals surface area contributed by atoms with Gasteiger partial charge in [-0.15, -0.1) is 10.2 Å². The van der Waals surface area contributed by atoms with Crippen LogP contribution >= 0.6 is 0 Å². The van der Waals surface area contributed by atoms with Gasteiger partial charge in [0.2, 0.25) is 5.95 Å². The fourth-order valence-corrected chi connectivity index (χ4v) is 7.99. The van der Waals surface area contributed by atoms with E-state index in [-0.39, 0.29) is 0 Å². The first-order chi connectivity index (χ1) is 17.6. The fourth-order valence-electron chi connectivity index (χ4n) is 6.68. The van der Waals surface area contributed by atoms with E-state index >= 15 is 0 Å². The average Bonchev–Trinajstić information content (AvgIpc) is 3.61. The van der Waals surface area contributed by atoms with Crippen LogP contribution in [0.25, 0.3) is 0 Å². The maximum atomic E-state index is 12.9. The highest BCUT2D eigenvalue weighted by molar-refractivity contribution is 7.85. The Hall–Kier alpha value is -3.08. The number of aromatic amines is 1. The lowest BCUT2D eigenvalue weighted by atomic mass is 9.76. The lowest BCUT2D eigenvalue weighted by Crippen LogP contribution is -2.44. The molecule has 2 aromatic heterocycles. The number of rotatable bonds is 5. The van der Waals surface area contributed by atoms with Crippen LogP contribution in [0.1, 0.15) is 41.9 Å². The van der Waals surface area contributed by atoms with Crippen molar-refractivity contribution >= 4 is 28.3 Å². The van der Waals surface area contributed by atoms with E-state index in [9.17, 15) is 4.21 Å². The molecule has 3 aliphatic heterocycles. The van der Waals surface area contributed by atoms with Crippen LogP contribution in [-0.4, -0.2) is 66.7 Å². The van der Waals surface area contributed by atoms with E-state index in [1.807, 2.05) is 0 Å². The quantitative estimate of drug-likeness (QED) is 0.538. The molecule has 186 valence electrons. The highest BCUT2D eigenvalue weighted by Gasteiger charge is 2.45. The fraction of sp³-hybridized carbons (Fsp3) is 0.560. The first kappa shape index (κ1) is 21.0. The zero-order valence-electron chi connectivity index (χ0n) is 20.1. The number of aromatic nitrogens is 6. The van der Waals surface area contributed by atoms with Crippen molar-refractivity contribution in [3.63, 3.8) is 0 Å². The smallest absolute Gasteiger partial charge is 0.227 e. The minimum Gasteiger partial charge on any atom is -0.371 e. The van der Waals surface area contributed by atoms with Gasteiger partial charge in [0.05, 0.1) is 16.5 Å². The third kappa shape index (κ3) is 3.14. The summed E-state index contributed by atoms with van der Waals surface area (Å²) in [6.07, 6.45) is 6.08. The predicted molar refractivity (Wildman–Crippen MR) is 136 cm³/mol. The summed E-state index contributed by atoms with van der Waals surface area (Å²) < 4.78 is 12.9. The van der Waals surface area contributed by atoms with Gasteiger partial charge in [-0.25, -0.2) is 4.98 Å². The molecule has 8 rings (SSSR count). The number of anilines is 3. The van der Waals surface area contributed by atoms with Gasteiger partial charge in [-0.1, -0.05) is 11.3 Å². The van der Waals surface area contributed by atoms with E-state index in [4.69, 9.17) is 9.97 Å². The third-order valence-corrected chi connectivity index (χ3v) is 10.5. The molecule has 3 atom stereocenters. The molecule has 1 saturated carbocycles. The molecule has 5 heterocycles. The molecule has 36 heavy (non-hydrogen) atoms. The van der Waals surface area contributed by atoms with Gasteiger partial charge < -0.3 is 15.1 Å². The van der Waals surface area contributed by atoms with E-state index < -0.39 is 16.3 Å². The summed E-state index contributed by atoms with van der Waals surface area (Å²) in [6.45, 7) is 4.09. The van der Waals surface area contributed by atoms with Gasteiger partial charge in [0.15, 0.2) is 5.82 Å². The number of aryl methyl sites for hydroxylation is 3. The molecule has 0 radical (unpaired) electrons. The van der Waals surface area contributed by atoms with E-state index in [2.05, 4.69) is 53.9 Å². The van der Waals surface area contributed by atoms with Gasteiger partial charge in [-0.3, -0.25) is 4.21 Å². The van der Waals surface area contributed by atoms with Crippen molar-refractivity contribution in [1.29, 1.82) is 0 Å². The third-order valence-electron chi connectivity index (χ3n) is 9.00. The number of nitrogens with zero attached hydrogens (tertiary/aromatic N) is 7. The van der Waals surface area contributed by atoms with Crippen molar-refractivity contribution in [1.82, 2.24) is 30.6 Å². The second-order valence-corrected chi connectivity index (χ2v) is 12.5. The molecule has 11 heteroatoms. The summed E-state index contributed by atoms with van der Waals surface area (Å²) in [7, 11) is -1.08. The molecule has 2 N–H and O–H groups in total. The van der Waals surface area contributed by atoms with Gasteiger partial charge in [0, 0.05) is 55.9 Å². The maximum Gasteiger partial charge on any atom is 0.227 e. The minimum absolute atomic E-state index is 0.405. The van der Waals surface area contributed by atoms with Crippen LogP contribution in [0.15, 0.2) is 23.1 Å². The molecule has 1 aromatic carbocycles. The Balaban J connectivity index is 1.05. The van der Waals surface area contributed by atoms with Crippen molar-refractivity contribution in [2.75, 3.05) is 47.0 Å². The van der Waals surface area contributed by atoms with Crippen molar-refractivity contribution in [3.05, 3.63) is 40.8 Å². The number of fused-ring (bicyclic) bond motifs is 3. The second kappa shape index (κ2) is 7.71. The Morgan fingerprint density at radius 1 is 1.00 bits per heavy atom. The van der Waals surface area contributed by atoms with Gasteiger partial charge in [0.1, 0.15) is 16.3 Å². The molecule has 0 spiro atoms. The summed E-state index contributed by atoms with van der Waals surface area (Å²) in [6, 6.07) is 7.02. The molecular weight excluding hydrogens is 474 g/mol. The predicted octanol–water partition coefficient (Wildman–Crippen LogP) is 1.82. The molecule has 3 aromatic rings. The monoisotopic (exact) mass is 503 g/mol. The lowest BCUT2D eigenvalue weighted by molar-refractivity contribution is 0.267. The highest BCUT2D eigenvalue weighted by atomic mass is 32.2. The molecule has 5 aliphatic rings. The molecule has 10 nitrogen and oxygen atoms in total. The molecule has 3 fully saturated rings. The second-order valence-electron chi connectivity index (χ2n) is 11.0. The zero-order valence-corrected chi connectivity index (χ0v) is 20.9. The molecule has 2 unspecified atom stereocenters. The Kier molecular flexibility index (Phi) is 4.51. The zero-order chi connectivity index (χ0) is 23.9. The van der Waals surface area contributed by atoms with Gasteiger partial charge in [-0.05, 0) is 55.4 Å². The molecule has 2 saturated heterocycles. The first-order valence-electron chi connectivity index (χ1n) is 13.1. The van der Waals surface area contributed by atoms with Gasteiger partial charge in [-0.2, -0.15) is 10.2 Å². The van der Waals surface area contributed by atoms with Crippen LogP contribution < -0.4 is 15.1 Å². The van der Waals surface area contributed by atoms with Crippen molar-refractivity contribution < 1.29 is 4.21 Å². The van der Waals surface area contributed by atoms with Crippen LogP contribution in [0.5, 0.6) is 0 Å². The van der Waals surface area contributed by atoms with Crippen LogP contribution in [-0.2, 0) is 35.6 Å². The average molecular weight is 504 g/mol. The molecular formula is C25H29N9OS. The van der Waals surface area contributed by atoms with Crippen molar-refractivity contribution in [2.24, 2.45) is 11.8 Å². The molecule has 0 bridgehead atoms. The molecule has 0 amide bonds. The number of tetrazole rings is 1. The minimum atomic E-state index is -1.08. The number of H-pyrrole nitrogens is 1. The standard InChI is InChI=1S/C25H29N9OS/c35-36-9-6-20-21(36)22(28-25(7-1-8-25)23-29-31-32-30-23)27-24(26-20)34-13-17-11-33(12-18(17)14-34)19-5-4-15-2-3-16(15)10-19/h4-5,10,17-18H,1-3,6-9,11-14H2,(H,26,27,28)(H,29,30,31,32)/t17?,18?,36-/m0/s1. The summed E-state index contributed by atoms with van der Waals surface area (Å²) in [5, 5.41) is 18.5. The van der Waals surface area contributed by atoms with Crippen LogP contribution in [0.2, 0.25) is 0 Å². The molecule has 2 aliphatic carbocycles. The largest absolute Gasteiger partial charge is 0.371 e. The SMILES string of the molecule is O=[S@]1CCc2nc(N3CC4CN(c5ccc6c(c5)CC6)CC4C3)nc(NC3(c4nn[nH]n4)CCC3)c21. The van der Waals surface area contributed by atoms with Crippen molar-refractivity contribution in [3.8, 4) is 0 Å². The maximum absolute atomic E-state index is 12.9. The topological polar surface area (TPSA) is 116 Å². The number of benzene rings is 1. The summed E-state index contributed by atoms with van der Waals surface area (Å²) in [5.74, 6) is 3.93. The lowest BCUT2D eigenvalue weighted by Gasteiger charge is -2.40. The van der Waals surface area contributed by atoms with Gasteiger partial charge in [0.25, 0.3) is 0 Å².